The number of amides is 2. The van der Waals surface area contributed by atoms with E-state index >= 15 is 0 Å². The molecule has 0 saturated carbocycles. The number of nitrogens with zero attached hydrogens (tertiary/aromatic N) is 4. The summed E-state index contributed by atoms with van der Waals surface area (Å²) in [6, 6.07) is 2.33. The number of nitrogens with one attached hydrogen (secondary N) is 2. The van der Waals surface area contributed by atoms with Gasteiger partial charge in [0.15, 0.2) is 5.82 Å². The summed E-state index contributed by atoms with van der Waals surface area (Å²) in [4.78, 5) is 26.1. The van der Waals surface area contributed by atoms with Crippen molar-refractivity contribution >= 4 is 17.7 Å². The number of aryl methyl sites for hydroxylation is 1. The minimum atomic E-state index is -1.12. The van der Waals surface area contributed by atoms with E-state index in [0.717, 1.165) is 0 Å². The first-order valence-corrected chi connectivity index (χ1v) is 6.21. The van der Waals surface area contributed by atoms with Crippen LogP contribution in [0.5, 0.6) is 0 Å². The molecule has 9 nitrogen and oxygen atoms in total. The molecule has 0 fully saturated rings. The van der Waals surface area contributed by atoms with Gasteiger partial charge in [-0.3, -0.25) is 0 Å². The van der Waals surface area contributed by atoms with Gasteiger partial charge in [0.2, 0.25) is 0 Å². The fourth-order valence-corrected chi connectivity index (χ4v) is 1.61. The smallest absolute Gasteiger partial charge is 0.354 e. The summed E-state index contributed by atoms with van der Waals surface area (Å²) in [5, 5.41) is 21.5. The first-order chi connectivity index (χ1) is 10.1. The number of carboxylic acid groups (broad SMARTS) is 1. The minimum Gasteiger partial charge on any atom is -0.477 e. The fourth-order valence-electron chi connectivity index (χ4n) is 1.61. The van der Waals surface area contributed by atoms with E-state index in [1.54, 1.807) is 6.33 Å². The number of carbonyl (C=O) groups excluding carboxylic acids is 1. The number of rotatable bonds is 5. The van der Waals surface area contributed by atoms with Crippen LogP contribution in [-0.4, -0.2) is 36.9 Å². The van der Waals surface area contributed by atoms with E-state index in [9.17, 15) is 9.59 Å². The summed E-state index contributed by atoms with van der Waals surface area (Å²) in [6.07, 6.45) is 2.86. The van der Waals surface area contributed by atoms with Gasteiger partial charge in [-0.1, -0.05) is 0 Å². The predicted octanol–water partition coefficient (Wildman–Crippen LogP) is 0.713. The van der Waals surface area contributed by atoms with E-state index < -0.39 is 12.0 Å². The number of urea groups is 1. The molecule has 2 heterocycles. The van der Waals surface area contributed by atoms with E-state index in [2.05, 4.69) is 25.8 Å². The molecule has 0 unspecified atom stereocenters. The van der Waals surface area contributed by atoms with Gasteiger partial charge < -0.3 is 20.3 Å². The molecular formula is C12H14N6O3. The van der Waals surface area contributed by atoms with Crippen molar-refractivity contribution in [2.75, 3.05) is 5.32 Å². The first kappa shape index (κ1) is 14.4. The molecule has 3 N–H and O–H groups in total. The van der Waals surface area contributed by atoms with Gasteiger partial charge in [0, 0.05) is 6.54 Å². The van der Waals surface area contributed by atoms with Crippen molar-refractivity contribution in [3.05, 3.63) is 36.2 Å². The molecule has 110 valence electrons. The lowest BCUT2D eigenvalue weighted by atomic mass is 10.3. The van der Waals surface area contributed by atoms with Crippen LogP contribution in [0.2, 0.25) is 0 Å². The maximum absolute atomic E-state index is 11.7. The average Bonchev–Trinajstić information content (AvgIpc) is 2.93. The molecule has 0 aromatic carbocycles. The molecule has 9 heteroatoms. The molecule has 0 bridgehead atoms. The molecule has 0 spiro atoms. The lowest BCUT2D eigenvalue weighted by molar-refractivity contribution is 0.0690. The van der Waals surface area contributed by atoms with Gasteiger partial charge in [-0.25, -0.2) is 14.6 Å². The highest BCUT2D eigenvalue weighted by Gasteiger charge is 2.07. The molecular weight excluding hydrogens is 276 g/mol. The Hall–Kier alpha value is -2.97. The van der Waals surface area contributed by atoms with Gasteiger partial charge >= 0.3 is 12.0 Å². The van der Waals surface area contributed by atoms with Crippen LogP contribution in [-0.2, 0) is 13.1 Å². The van der Waals surface area contributed by atoms with Crippen LogP contribution in [0.25, 0.3) is 0 Å². The first-order valence-electron chi connectivity index (χ1n) is 6.21. The summed E-state index contributed by atoms with van der Waals surface area (Å²) >= 11 is 0. The maximum atomic E-state index is 11.7. The van der Waals surface area contributed by atoms with Crippen LogP contribution in [0.1, 0.15) is 23.2 Å². The number of aromatic nitrogens is 4. The van der Waals surface area contributed by atoms with Crippen molar-refractivity contribution in [3.8, 4) is 0 Å². The van der Waals surface area contributed by atoms with Crippen molar-refractivity contribution in [2.24, 2.45) is 0 Å². The van der Waals surface area contributed by atoms with E-state index in [-0.39, 0.29) is 12.2 Å². The predicted molar refractivity (Wildman–Crippen MR) is 72.8 cm³/mol. The third-order valence-corrected chi connectivity index (χ3v) is 2.68. The number of hydrogen-bond acceptors (Lipinski definition) is 5. The molecule has 2 aromatic rings. The molecule has 0 aliphatic rings. The Morgan fingerprint density at radius 3 is 2.81 bits per heavy atom. The average molecular weight is 290 g/mol. The van der Waals surface area contributed by atoms with E-state index in [4.69, 9.17) is 5.11 Å². The van der Waals surface area contributed by atoms with Gasteiger partial charge in [0.25, 0.3) is 0 Å². The van der Waals surface area contributed by atoms with Crippen LogP contribution >= 0.6 is 0 Å². The Morgan fingerprint density at radius 2 is 2.19 bits per heavy atom. The molecule has 0 saturated heterocycles. The summed E-state index contributed by atoms with van der Waals surface area (Å²) < 4.78 is 1.81. The van der Waals surface area contributed by atoms with E-state index in [1.807, 2.05) is 11.5 Å². The van der Waals surface area contributed by atoms with Crippen molar-refractivity contribution in [3.63, 3.8) is 0 Å². The number of anilines is 1. The van der Waals surface area contributed by atoms with Crippen LogP contribution in [0, 0.1) is 0 Å². The van der Waals surface area contributed by atoms with Crippen LogP contribution in [0.4, 0.5) is 10.5 Å². The van der Waals surface area contributed by atoms with Crippen molar-refractivity contribution < 1.29 is 14.7 Å². The lowest BCUT2D eigenvalue weighted by Crippen LogP contribution is -2.29. The Labute approximate surface area is 120 Å². The molecule has 2 rings (SSSR count). The monoisotopic (exact) mass is 290 g/mol. The molecule has 2 aromatic heterocycles. The molecule has 2 amide bonds. The van der Waals surface area contributed by atoms with Crippen molar-refractivity contribution in [1.82, 2.24) is 25.1 Å². The molecule has 0 radical (unpaired) electrons. The Morgan fingerprint density at radius 1 is 1.38 bits per heavy atom. The van der Waals surface area contributed by atoms with Crippen molar-refractivity contribution in [1.29, 1.82) is 0 Å². The number of hydrogen-bond donors (Lipinski definition) is 3. The fraction of sp³-hybridized carbons (Fsp3) is 0.250. The second kappa shape index (κ2) is 6.46. The van der Waals surface area contributed by atoms with Gasteiger partial charge in [-0.15, -0.1) is 10.2 Å². The normalized spacial score (nSPS) is 10.1. The van der Waals surface area contributed by atoms with Crippen LogP contribution in [0.15, 0.2) is 24.7 Å². The van der Waals surface area contributed by atoms with Crippen molar-refractivity contribution in [2.45, 2.75) is 20.0 Å². The zero-order chi connectivity index (χ0) is 15.2. The Bertz CT molecular complexity index is 637. The highest BCUT2D eigenvalue weighted by Crippen LogP contribution is 2.06. The molecule has 0 atom stereocenters. The van der Waals surface area contributed by atoms with Crippen LogP contribution < -0.4 is 10.6 Å². The van der Waals surface area contributed by atoms with Gasteiger partial charge in [0.05, 0.1) is 18.4 Å². The number of aromatic carboxylic acids is 1. The molecule has 21 heavy (non-hydrogen) atoms. The summed E-state index contributed by atoms with van der Waals surface area (Å²) in [5.41, 5.74) is 0.312. The number of carboxylic acids is 1. The largest absolute Gasteiger partial charge is 0.477 e. The quantitative estimate of drug-likeness (QED) is 0.745. The maximum Gasteiger partial charge on any atom is 0.354 e. The Balaban J connectivity index is 1.88. The van der Waals surface area contributed by atoms with E-state index in [0.29, 0.717) is 18.1 Å². The SMILES string of the molecule is CCn1cnnc1CNC(=O)Nc1ccc(C(=O)O)nc1. The highest BCUT2D eigenvalue weighted by atomic mass is 16.4. The van der Waals surface area contributed by atoms with Gasteiger partial charge in [-0.2, -0.15) is 0 Å². The van der Waals surface area contributed by atoms with Crippen LogP contribution in [0.3, 0.4) is 0 Å². The lowest BCUT2D eigenvalue weighted by Gasteiger charge is -2.07. The molecule has 0 aliphatic carbocycles. The zero-order valence-corrected chi connectivity index (χ0v) is 11.3. The number of pyridine rings is 1. The zero-order valence-electron chi connectivity index (χ0n) is 11.3. The minimum absolute atomic E-state index is 0.0861. The topological polar surface area (TPSA) is 122 Å². The summed E-state index contributed by atoms with van der Waals surface area (Å²) in [7, 11) is 0. The Kier molecular flexibility index (Phi) is 4.44. The summed E-state index contributed by atoms with van der Waals surface area (Å²) in [5.74, 6) is -0.475. The van der Waals surface area contributed by atoms with Gasteiger partial charge in [-0.05, 0) is 19.1 Å². The third kappa shape index (κ3) is 3.75. The highest BCUT2D eigenvalue weighted by molar-refractivity contribution is 5.90. The summed E-state index contributed by atoms with van der Waals surface area (Å²) in [6.45, 7) is 2.90. The van der Waals surface area contributed by atoms with E-state index in [1.165, 1.54) is 18.3 Å². The molecule has 0 aliphatic heterocycles. The number of carbonyl (C=O) groups is 2. The second-order valence-corrected chi connectivity index (χ2v) is 4.08. The van der Waals surface area contributed by atoms with Gasteiger partial charge in [0.1, 0.15) is 12.0 Å². The standard InChI is InChI=1S/C12H14N6O3/c1-2-18-7-15-17-10(18)6-14-12(21)16-8-3-4-9(11(19)20)13-5-8/h3-5,7H,2,6H2,1H3,(H,19,20)(H2,14,16,21). The third-order valence-electron chi connectivity index (χ3n) is 2.68. The second-order valence-electron chi connectivity index (χ2n) is 4.08.